The molecule has 3 unspecified atom stereocenters. The van der Waals surface area contributed by atoms with Gasteiger partial charge >= 0.3 is 7.82 Å². The number of aliphatic hydroxyl groups excluding tert-OH is 1. The third kappa shape index (κ3) is 60.8. The number of carbonyl (C=O) groups excluding carboxylic acids is 1. The molecular weight excluding hydrogens is 984 g/mol. The molecule has 0 saturated heterocycles. The minimum atomic E-state index is -4.37. The van der Waals surface area contributed by atoms with Crippen molar-refractivity contribution in [3.8, 4) is 0 Å². The van der Waals surface area contributed by atoms with E-state index in [9.17, 15) is 19.4 Å². The first-order valence-electron chi connectivity index (χ1n) is 32.3. The van der Waals surface area contributed by atoms with Gasteiger partial charge in [-0.05, 0) is 96.3 Å². The summed E-state index contributed by atoms with van der Waals surface area (Å²) < 4.78 is 23.7. The molecule has 3 atom stereocenters. The molecule has 0 aliphatic carbocycles. The summed E-state index contributed by atoms with van der Waals surface area (Å²) in [7, 11) is 1.54. The van der Waals surface area contributed by atoms with Crippen LogP contribution in [0.15, 0.2) is 109 Å². The molecule has 0 spiro atoms. The highest BCUT2D eigenvalue weighted by Crippen LogP contribution is 2.43. The van der Waals surface area contributed by atoms with Crippen molar-refractivity contribution >= 4 is 13.7 Å². The molecule has 0 rings (SSSR count). The van der Waals surface area contributed by atoms with Crippen LogP contribution in [0.25, 0.3) is 0 Å². The fraction of sp³-hybridized carbons (Fsp3) is 0.725. The SMILES string of the molecule is CC/C=C\C/C=C\C/C=C\C/C=C\C/C=C\C/C=C\CCCCCCCCCCCCCCC(=O)NC(COP(=O)(O)OCC[N+](C)(C)C)C(O)/C=C/CC/C=C/CC/C=C/CCCCCCCCCCCCCCCCC. The lowest BCUT2D eigenvalue weighted by Gasteiger charge is -2.25. The summed E-state index contributed by atoms with van der Waals surface area (Å²) in [5.74, 6) is -0.195. The minimum absolute atomic E-state index is 0.0486. The van der Waals surface area contributed by atoms with Crippen LogP contribution in [0, 0.1) is 0 Å². The van der Waals surface area contributed by atoms with Crippen molar-refractivity contribution in [2.24, 2.45) is 0 Å². The van der Waals surface area contributed by atoms with Crippen LogP contribution in [-0.2, 0) is 18.4 Å². The van der Waals surface area contributed by atoms with Crippen molar-refractivity contribution in [1.29, 1.82) is 0 Å². The zero-order valence-electron chi connectivity index (χ0n) is 51.4. The molecule has 9 heteroatoms. The maximum absolute atomic E-state index is 13.0. The first-order chi connectivity index (χ1) is 38.0. The molecule has 8 nitrogen and oxygen atoms in total. The normalized spacial score (nSPS) is 14.5. The van der Waals surface area contributed by atoms with Gasteiger partial charge in [-0.3, -0.25) is 13.8 Å². The topological polar surface area (TPSA) is 105 Å². The van der Waals surface area contributed by atoms with Gasteiger partial charge in [-0.1, -0.05) is 277 Å². The Morgan fingerprint density at radius 2 is 0.782 bits per heavy atom. The molecule has 450 valence electrons. The highest BCUT2D eigenvalue weighted by atomic mass is 31.2. The van der Waals surface area contributed by atoms with E-state index in [1.165, 1.54) is 167 Å². The molecule has 0 aromatic carbocycles. The first-order valence-corrected chi connectivity index (χ1v) is 33.8. The molecule has 0 heterocycles. The van der Waals surface area contributed by atoms with E-state index >= 15 is 0 Å². The number of rotatable bonds is 58. The summed E-state index contributed by atoms with van der Waals surface area (Å²) in [6.07, 6.45) is 86.4. The maximum Gasteiger partial charge on any atom is 0.472 e. The number of allylic oxidation sites excluding steroid dienone is 17. The zero-order chi connectivity index (χ0) is 57.0. The predicted octanol–water partition coefficient (Wildman–Crippen LogP) is 20.3. The summed E-state index contributed by atoms with van der Waals surface area (Å²) in [6.45, 7) is 4.68. The number of carbonyl (C=O) groups is 1. The Kier molecular flexibility index (Phi) is 56.7. The molecule has 0 saturated carbocycles. The van der Waals surface area contributed by atoms with Crippen molar-refractivity contribution < 1.29 is 32.9 Å². The Morgan fingerprint density at radius 3 is 1.18 bits per heavy atom. The molecule has 0 radical (unpaired) electrons. The van der Waals surface area contributed by atoms with Crippen LogP contribution in [0.3, 0.4) is 0 Å². The number of hydrogen-bond donors (Lipinski definition) is 3. The lowest BCUT2D eigenvalue weighted by atomic mass is 10.0. The van der Waals surface area contributed by atoms with E-state index in [0.717, 1.165) is 83.5 Å². The number of nitrogens with zero attached hydrogens (tertiary/aromatic N) is 1. The second-order valence-electron chi connectivity index (χ2n) is 22.7. The van der Waals surface area contributed by atoms with Crippen molar-refractivity contribution in [2.75, 3.05) is 40.9 Å². The molecule has 0 bridgehead atoms. The largest absolute Gasteiger partial charge is 0.472 e. The number of hydrogen-bond acceptors (Lipinski definition) is 5. The quantitative estimate of drug-likeness (QED) is 0.0243. The molecule has 0 aromatic heterocycles. The molecule has 1 amide bonds. The number of unbranched alkanes of at least 4 members (excludes halogenated alkanes) is 29. The Balaban J connectivity index is 4.22. The standard InChI is InChI=1S/C69H123N2O6P/c1-6-8-10-12-14-16-18-20-22-24-26-28-30-32-33-34-35-36-37-39-41-43-45-47-49-51-53-55-57-59-61-63-69(73)70-67(66-77-78(74,75)76-65-64-71(3,4)5)68(72)62-60-58-56-54-52-50-48-46-44-42-40-38-31-29-27-25-23-21-19-17-15-13-11-9-7-2/h8,10,14,16,20,22,26,28,32-33,35-36,44,46,52,54,60,62,67-68,72H,6-7,9,11-13,15,17-19,21,23-25,27,29-31,34,37-43,45,47-51,53,55-59,61,63-66H2,1-5H3,(H-,70,73,74,75)/p+1/b10-8-,16-14-,22-20-,28-26-,33-32-,36-35-,46-44+,54-52+,62-60+. The van der Waals surface area contributed by atoms with Crippen LogP contribution >= 0.6 is 7.82 Å². The van der Waals surface area contributed by atoms with Gasteiger partial charge in [-0.2, -0.15) is 0 Å². The van der Waals surface area contributed by atoms with E-state index in [0.29, 0.717) is 17.4 Å². The van der Waals surface area contributed by atoms with E-state index in [1.807, 2.05) is 27.2 Å². The molecule has 0 fully saturated rings. The van der Waals surface area contributed by atoms with Gasteiger partial charge < -0.3 is 19.8 Å². The fourth-order valence-corrected chi connectivity index (χ4v) is 9.70. The van der Waals surface area contributed by atoms with Crippen LogP contribution in [-0.4, -0.2) is 73.4 Å². The average molecular weight is 1110 g/mol. The van der Waals surface area contributed by atoms with Gasteiger partial charge in [0, 0.05) is 6.42 Å². The van der Waals surface area contributed by atoms with Gasteiger partial charge in [0.05, 0.1) is 39.9 Å². The lowest BCUT2D eigenvalue weighted by Crippen LogP contribution is -2.45. The van der Waals surface area contributed by atoms with Gasteiger partial charge in [0.15, 0.2) is 0 Å². The summed E-state index contributed by atoms with van der Waals surface area (Å²) in [6, 6.07) is -0.879. The summed E-state index contributed by atoms with van der Waals surface area (Å²) in [4.78, 5) is 23.4. The zero-order valence-corrected chi connectivity index (χ0v) is 52.3. The molecule has 3 N–H and O–H groups in total. The highest BCUT2D eigenvalue weighted by Gasteiger charge is 2.27. The Labute approximate surface area is 482 Å². The van der Waals surface area contributed by atoms with Crippen LogP contribution in [0.4, 0.5) is 0 Å². The maximum atomic E-state index is 13.0. The number of amides is 1. The second kappa shape index (κ2) is 58.8. The van der Waals surface area contributed by atoms with E-state index < -0.39 is 20.0 Å². The smallest absolute Gasteiger partial charge is 0.387 e. The molecule has 0 aromatic rings. The van der Waals surface area contributed by atoms with Gasteiger partial charge in [0.25, 0.3) is 0 Å². The third-order valence-corrected chi connectivity index (χ3v) is 14.9. The van der Waals surface area contributed by atoms with E-state index in [-0.39, 0.29) is 19.1 Å². The number of nitrogens with one attached hydrogen (secondary N) is 1. The third-order valence-electron chi connectivity index (χ3n) is 14.0. The number of likely N-dealkylation sites (N-methyl/N-ethyl adjacent to an activating group) is 1. The fourth-order valence-electron chi connectivity index (χ4n) is 8.96. The lowest BCUT2D eigenvalue weighted by molar-refractivity contribution is -0.870. The second-order valence-corrected chi connectivity index (χ2v) is 24.2. The van der Waals surface area contributed by atoms with Gasteiger partial charge in [0.1, 0.15) is 13.2 Å². The van der Waals surface area contributed by atoms with Crippen molar-refractivity contribution in [1.82, 2.24) is 5.32 Å². The van der Waals surface area contributed by atoms with Crippen molar-refractivity contribution in [2.45, 2.75) is 283 Å². The first kappa shape index (κ1) is 75.2. The van der Waals surface area contributed by atoms with Crippen LogP contribution < -0.4 is 5.32 Å². The van der Waals surface area contributed by atoms with Gasteiger partial charge in [-0.25, -0.2) is 4.57 Å². The highest BCUT2D eigenvalue weighted by molar-refractivity contribution is 7.47. The predicted molar refractivity (Wildman–Crippen MR) is 341 cm³/mol. The Bertz CT molecular complexity index is 1640. The number of quaternary nitrogens is 1. The van der Waals surface area contributed by atoms with Crippen molar-refractivity contribution in [3.05, 3.63) is 109 Å². The molecular formula is C69H124N2O6P+. The molecule has 78 heavy (non-hydrogen) atoms. The van der Waals surface area contributed by atoms with E-state index in [2.05, 4.69) is 116 Å². The van der Waals surface area contributed by atoms with Crippen LogP contribution in [0.1, 0.15) is 271 Å². The monoisotopic (exact) mass is 1110 g/mol. The average Bonchev–Trinajstić information content (AvgIpc) is 3.41. The molecule has 0 aliphatic rings. The summed E-state index contributed by atoms with van der Waals surface area (Å²) in [5.41, 5.74) is 0. The molecule has 0 aliphatic heterocycles. The van der Waals surface area contributed by atoms with Gasteiger partial charge in [-0.15, -0.1) is 0 Å². The number of phosphoric acid groups is 1. The summed E-state index contributed by atoms with van der Waals surface area (Å²) >= 11 is 0. The van der Waals surface area contributed by atoms with E-state index in [1.54, 1.807) is 6.08 Å². The Hall–Kier alpha value is -2.84. The Morgan fingerprint density at radius 1 is 0.449 bits per heavy atom. The number of phosphoric ester groups is 1. The van der Waals surface area contributed by atoms with Crippen LogP contribution in [0.5, 0.6) is 0 Å². The van der Waals surface area contributed by atoms with E-state index in [4.69, 9.17) is 9.05 Å². The van der Waals surface area contributed by atoms with Crippen LogP contribution in [0.2, 0.25) is 0 Å². The minimum Gasteiger partial charge on any atom is -0.387 e. The van der Waals surface area contributed by atoms with Gasteiger partial charge in [0.2, 0.25) is 5.91 Å². The van der Waals surface area contributed by atoms with Crippen molar-refractivity contribution in [3.63, 3.8) is 0 Å². The number of aliphatic hydroxyl groups is 1. The summed E-state index contributed by atoms with van der Waals surface area (Å²) in [5, 5.41) is 14.0.